The number of nitrogens with zero attached hydrogens (tertiary/aromatic N) is 4. The van der Waals surface area contributed by atoms with E-state index in [1.165, 1.54) is 37.9 Å². The first-order valence-electron chi connectivity index (χ1n) is 12.9. The number of hydrogen-bond donors (Lipinski definition) is 6. The number of carboxylic acids is 2. The number of ether oxygens (including phenoxy) is 2. The summed E-state index contributed by atoms with van der Waals surface area (Å²) in [7, 11) is 1.76. The molecule has 2 aromatic rings. The molecule has 3 rings (SSSR count). The second-order valence-electron chi connectivity index (χ2n) is 8.91. The largest absolute Gasteiger partial charge is 0.494 e. The maximum absolute atomic E-state index is 11.4. The van der Waals surface area contributed by atoms with Gasteiger partial charge in [0.1, 0.15) is 5.75 Å². The van der Waals surface area contributed by atoms with Gasteiger partial charge >= 0.3 is 18.0 Å². The van der Waals surface area contributed by atoms with Gasteiger partial charge < -0.3 is 35.2 Å². The molecule has 0 spiro atoms. The molecule has 1 fully saturated rings. The van der Waals surface area contributed by atoms with E-state index in [4.69, 9.17) is 29.9 Å². The number of carbonyl (C=O) groups excluding carboxylic acids is 1. The van der Waals surface area contributed by atoms with Gasteiger partial charge in [-0.15, -0.1) is 5.10 Å². The van der Waals surface area contributed by atoms with Crippen LogP contribution >= 0.6 is 0 Å². The summed E-state index contributed by atoms with van der Waals surface area (Å²) in [5.74, 6) is -1.85. The van der Waals surface area contributed by atoms with Gasteiger partial charge in [-0.1, -0.05) is 18.6 Å². The molecule has 15 heteroatoms. The Kier molecular flexibility index (Phi) is 13.6. The molecular weight excluding hydrogens is 528 g/mol. The van der Waals surface area contributed by atoms with Crippen LogP contribution in [-0.4, -0.2) is 103 Å². The van der Waals surface area contributed by atoms with Crippen LogP contribution in [0.25, 0.3) is 0 Å². The van der Waals surface area contributed by atoms with Crippen molar-refractivity contribution < 1.29 is 44.3 Å². The van der Waals surface area contributed by atoms with Gasteiger partial charge in [0, 0.05) is 20.1 Å². The summed E-state index contributed by atoms with van der Waals surface area (Å²) in [4.78, 5) is 37.7. The number of benzene rings is 1. The Bertz CT molecular complexity index is 1070. The Balaban J connectivity index is 0.000000478. The molecule has 0 aliphatic carbocycles. The summed E-state index contributed by atoms with van der Waals surface area (Å²) in [5, 5.41) is 42.3. The zero-order valence-corrected chi connectivity index (χ0v) is 22.7. The molecule has 1 aliphatic rings. The van der Waals surface area contributed by atoms with E-state index in [-0.39, 0.29) is 5.95 Å². The molecule has 15 nitrogen and oxygen atoms in total. The second-order valence-corrected chi connectivity index (χ2v) is 8.91. The maximum atomic E-state index is 11.4. The van der Waals surface area contributed by atoms with E-state index in [1.54, 1.807) is 18.7 Å². The number of likely N-dealkylation sites (tertiary alicyclic amines) is 1. The number of carboxylic acid groups (broad SMARTS) is 2. The van der Waals surface area contributed by atoms with Crippen molar-refractivity contribution in [2.45, 2.75) is 51.4 Å². The lowest BCUT2D eigenvalue weighted by Crippen LogP contribution is -2.39. The smallest absolute Gasteiger partial charge is 0.414 e. The molecule has 40 heavy (non-hydrogen) atoms. The van der Waals surface area contributed by atoms with Gasteiger partial charge in [-0.05, 0) is 57.0 Å². The normalized spacial score (nSPS) is 14.7. The lowest BCUT2D eigenvalue weighted by molar-refractivity contribution is -0.165. The molecule has 0 bridgehead atoms. The Labute approximate surface area is 231 Å². The predicted octanol–water partition coefficient (Wildman–Crippen LogP) is 1.13. The molecule has 1 saturated heterocycles. The van der Waals surface area contributed by atoms with E-state index >= 15 is 0 Å². The van der Waals surface area contributed by atoms with Crippen LogP contribution in [0.1, 0.15) is 38.2 Å². The predicted molar refractivity (Wildman–Crippen MR) is 143 cm³/mol. The molecule has 2 heterocycles. The van der Waals surface area contributed by atoms with Crippen molar-refractivity contribution in [3.8, 4) is 5.75 Å². The van der Waals surface area contributed by atoms with Crippen molar-refractivity contribution in [1.29, 1.82) is 0 Å². The summed E-state index contributed by atoms with van der Waals surface area (Å²) in [6.07, 6.45) is -0.334. The Morgan fingerprint density at radius 1 is 1.07 bits per heavy atom. The molecular formula is C25H38N6O9. The molecule has 2 atom stereocenters. The number of carbonyl (C=O) groups is 3. The van der Waals surface area contributed by atoms with Crippen molar-refractivity contribution in [3.63, 3.8) is 0 Å². The number of amides is 1. The number of anilines is 2. The molecule has 6 N–H and O–H groups in total. The quantitative estimate of drug-likeness (QED) is 0.188. The third-order valence-corrected chi connectivity index (χ3v) is 5.68. The van der Waals surface area contributed by atoms with Gasteiger partial charge in [-0.25, -0.2) is 19.1 Å². The number of aliphatic hydroxyl groups is 2. The summed E-state index contributed by atoms with van der Waals surface area (Å²) in [6.45, 7) is 6.69. The van der Waals surface area contributed by atoms with Crippen LogP contribution in [-0.2, 0) is 27.9 Å². The third-order valence-electron chi connectivity index (χ3n) is 5.68. The van der Waals surface area contributed by atoms with Gasteiger partial charge in [0.25, 0.3) is 5.95 Å². The summed E-state index contributed by atoms with van der Waals surface area (Å²) in [6, 6.07) is 8.37. The third kappa shape index (κ3) is 11.4. The van der Waals surface area contributed by atoms with E-state index < -0.39 is 30.2 Å². The molecule has 0 radical (unpaired) electrons. The van der Waals surface area contributed by atoms with Gasteiger partial charge in [0.05, 0.1) is 13.2 Å². The van der Waals surface area contributed by atoms with Crippen molar-refractivity contribution in [1.82, 2.24) is 19.7 Å². The van der Waals surface area contributed by atoms with E-state index in [1.807, 2.05) is 6.07 Å². The summed E-state index contributed by atoms with van der Waals surface area (Å²) in [5.41, 5.74) is 1.30. The molecule has 1 aromatic carbocycles. The molecule has 0 saturated carbocycles. The van der Waals surface area contributed by atoms with E-state index in [0.29, 0.717) is 25.7 Å². The topological polar surface area (TPSA) is 209 Å². The zero-order chi connectivity index (χ0) is 29.5. The number of piperidine rings is 1. The van der Waals surface area contributed by atoms with E-state index in [2.05, 4.69) is 43.8 Å². The highest BCUT2D eigenvalue weighted by molar-refractivity contribution is 5.83. The van der Waals surface area contributed by atoms with Gasteiger partial charge in [0.15, 0.2) is 12.2 Å². The monoisotopic (exact) mass is 566 g/mol. The zero-order valence-electron chi connectivity index (χ0n) is 22.7. The molecule has 2 unspecified atom stereocenters. The molecule has 222 valence electrons. The summed E-state index contributed by atoms with van der Waals surface area (Å²) >= 11 is 0. The lowest BCUT2D eigenvalue weighted by Gasteiger charge is -2.26. The van der Waals surface area contributed by atoms with Crippen molar-refractivity contribution in [2.75, 3.05) is 43.5 Å². The van der Waals surface area contributed by atoms with Crippen molar-refractivity contribution >= 4 is 29.9 Å². The van der Waals surface area contributed by atoms with Crippen LogP contribution in [0.2, 0.25) is 0 Å². The van der Waals surface area contributed by atoms with Crippen LogP contribution < -0.4 is 15.4 Å². The number of nitrogens with one attached hydrogen (secondary N) is 2. The van der Waals surface area contributed by atoms with Crippen LogP contribution in [0.5, 0.6) is 5.75 Å². The lowest BCUT2D eigenvalue weighted by atomic mass is 10.1. The van der Waals surface area contributed by atoms with Crippen molar-refractivity contribution in [3.05, 3.63) is 29.8 Å². The molecule has 1 aliphatic heterocycles. The minimum atomic E-state index is -2.27. The number of aromatic nitrogens is 3. The highest BCUT2D eigenvalue weighted by Gasteiger charge is 2.29. The number of aryl methyl sites for hydroxylation is 1. The van der Waals surface area contributed by atoms with Gasteiger partial charge in [-0.2, -0.15) is 4.98 Å². The van der Waals surface area contributed by atoms with Crippen LogP contribution in [0.3, 0.4) is 0 Å². The standard InChI is InChI=1S/C21H32N6O3.C4H6O6/c1-3-29-21(28)24-19-23-20(26(2)25-19)22-11-8-14-30-18-10-7-9-17(15-18)16-27-12-5-4-6-13-27;5-1(3(7)8)2(6)4(9)10/h7,9-10,15H,3-6,8,11-14,16H2,1-2H3,(H2,22,23,24,25,28);1-2,5-6H,(H,7,8)(H,9,10). The minimum Gasteiger partial charge on any atom is -0.494 e. The van der Waals surface area contributed by atoms with E-state index in [0.717, 1.165) is 18.7 Å². The fourth-order valence-electron chi connectivity index (χ4n) is 3.69. The Hall–Kier alpha value is -3.95. The number of rotatable bonds is 13. The Morgan fingerprint density at radius 2 is 1.75 bits per heavy atom. The summed E-state index contributed by atoms with van der Waals surface area (Å²) < 4.78 is 12.3. The first kappa shape index (κ1) is 32.3. The van der Waals surface area contributed by atoms with Crippen LogP contribution in [0.15, 0.2) is 24.3 Å². The highest BCUT2D eigenvalue weighted by Crippen LogP contribution is 2.18. The minimum absolute atomic E-state index is 0.209. The first-order valence-corrected chi connectivity index (χ1v) is 12.9. The first-order chi connectivity index (χ1) is 19.1. The second kappa shape index (κ2) is 16.9. The van der Waals surface area contributed by atoms with E-state index in [9.17, 15) is 14.4 Å². The Morgan fingerprint density at radius 3 is 2.38 bits per heavy atom. The van der Waals surface area contributed by atoms with Crippen molar-refractivity contribution in [2.24, 2.45) is 7.05 Å². The van der Waals surface area contributed by atoms with Gasteiger partial charge in [-0.3, -0.25) is 10.2 Å². The fourth-order valence-corrected chi connectivity index (χ4v) is 3.69. The highest BCUT2D eigenvalue weighted by atomic mass is 16.5. The average Bonchev–Trinajstić information content (AvgIpc) is 3.27. The van der Waals surface area contributed by atoms with Crippen LogP contribution in [0.4, 0.5) is 16.7 Å². The number of aliphatic hydroxyl groups excluding tert-OH is 2. The number of hydrogen-bond acceptors (Lipinski definition) is 11. The SMILES string of the molecule is CCOC(=O)Nc1nc(NCCCOc2cccc(CN3CCCCC3)c2)n(C)n1.O=C(O)C(O)C(O)C(=O)O. The van der Waals surface area contributed by atoms with Gasteiger partial charge in [0.2, 0.25) is 5.95 Å². The number of aliphatic carboxylic acids is 2. The fraction of sp³-hybridized carbons (Fsp3) is 0.560. The average molecular weight is 567 g/mol. The molecule has 1 amide bonds. The maximum Gasteiger partial charge on any atom is 0.414 e. The molecule has 1 aromatic heterocycles. The van der Waals surface area contributed by atoms with Crippen LogP contribution in [0, 0.1) is 0 Å².